The number of aromatic nitrogens is 4. The van der Waals surface area contributed by atoms with Gasteiger partial charge in [-0.2, -0.15) is 0 Å². The van der Waals surface area contributed by atoms with Gasteiger partial charge in [0, 0.05) is 54.6 Å². The van der Waals surface area contributed by atoms with Crippen molar-refractivity contribution in [1.29, 1.82) is 0 Å². The van der Waals surface area contributed by atoms with Gasteiger partial charge in [-0.1, -0.05) is 51.3 Å². The Labute approximate surface area is 349 Å². The molecule has 0 unspecified atom stereocenters. The molecule has 302 valence electrons. The molecule has 2 amide bonds. The van der Waals surface area contributed by atoms with Crippen molar-refractivity contribution in [3.8, 4) is 0 Å². The summed E-state index contributed by atoms with van der Waals surface area (Å²) in [5.74, 6) is 0. The number of ether oxygens (including phenoxy) is 2. The fraction of sp³-hybridized carbons (Fsp3) is 0.550. The van der Waals surface area contributed by atoms with E-state index in [1.54, 1.807) is 9.80 Å². The molecule has 5 aliphatic rings. The van der Waals surface area contributed by atoms with Gasteiger partial charge < -0.3 is 28.6 Å². The van der Waals surface area contributed by atoms with Crippen LogP contribution in [0.4, 0.5) is 9.59 Å². The highest BCUT2D eigenvalue weighted by Crippen LogP contribution is 2.40. The maximum absolute atomic E-state index is 12.1. The fourth-order valence-corrected chi connectivity index (χ4v) is 7.11. The number of carbonyl (C=O) groups excluding carboxylic acids is 2. The first-order valence-electron chi connectivity index (χ1n) is 18.8. The predicted molar refractivity (Wildman–Crippen MR) is 223 cm³/mol. The number of allylic oxidation sites excluding steroid dienone is 2. The molecule has 2 aromatic heterocycles. The second kappa shape index (κ2) is 17.3. The van der Waals surface area contributed by atoms with E-state index in [-0.39, 0.29) is 30.5 Å². The topological polar surface area (TPSA) is 129 Å². The number of hydrogen-bond acceptors (Lipinski definition) is 10. The zero-order valence-corrected chi connectivity index (χ0v) is 37.1. The summed E-state index contributed by atoms with van der Waals surface area (Å²) in [6, 6.07) is 0. The van der Waals surface area contributed by atoms with Crippen LogP contribution in [-0.2, 0) is 31.6 Å². The minimum Gasteiger partial charge on any atom is -0.444 e. The molecular weight excluding hydrogens is 822 g/mol. The molecular formula is C40H52BBrCl2N6O6. The van der Waals surface area contributed by atoms with E-state index in [2.05, 4.69) is 48.0 Å². The van der Waals surface area contributed by atoms with Crippen LogP contribution in [0.1, 0.15) is 105 Å². The largest absolute Gasteiger partial charge is 0.490 e. The van der Waals surface area contributed by atoms with Crippen molar-refractivity contribution in [3.05, 3.63) is 78.7 Å². The van der Waals surface area contributed by atoms with Gasteiger partial charge in [-0.15, -0.1) is 0 Å². The van der Waals surface area contributed by atoms with Crippen LogP contribution >= 0.6 is 39.1 Å². The number of rotatable bonds is 2. The quantitative estimate of drug-likeness (QED) is 0.213. The summed E-state index contributed by atoms with van der Waals surface area (Å²) in [5, 5.41) is 1.08. The fourth-order valence-electron chi connectivity index (χ4n) is 6.20. The van der Waals surface area contributed by atoms with Crippen LogP contribution < -0.4 is 0 Å². The van der Waals surface area contributed by atoms with Crippen molar-refractivity contribution in [1.82, 2.24) is 29.7 Å². The Bertz CT molecular complexity index is 1940. The molecule has 0 bridgehead atoms. The van der Waals surface area contributed by atoms with Crippen LogP contribution in [0, 0.1) is 0 Å². The van der Waals surface area contributed by atoms with Crippen LogP contribution in [0.3, 0.4) is 0 Å². The van der Waals surface area contributed by atoms with Crippen molar-refractivity contribution in [2.45, 2.75) is 117 Å². The minimum absolute atomic E-state index is 0.259. The summed E-state index contributed by atoms with van der Waals surface area (Å²) >= 11 is 15.3. The molecule has 0 radical (unpaired) electrons. The molecule has 0 atom stereocenters. The highest BCUT2D eigenvalue weighted by molar-refractivity contribution is 9.11. The summed E-state index contributed by atoms with van der Waals surface area (Å²) in [7, 11) is -0.314. The van der Waals surface area contributed by atoms with Gasteiger partial charge in [-0.25, -0.2) is 29.5 Å². The van der Waals surface area contributed by atoms with E-state index in [1.807, 2.05) is 81.4 Å². The van der Waals surface area contributed by atoms with Gasteiger partial charge in [0.25, 0.3) is 0 Å². The van der Waals surface area contributed by atoms with E-state index >= 15 is 0 Å². The zero-order valence-electron chi connectivity index (χ0n) is 34.0. The average Bonchev–Trinajstić information content (AvgIpc) is 3.77. The maximum Gasteiger partial charge on any atom is 0.490 e. The van der Waals surface area contributed by atoms with E-state index in [0.717, 1.165) is 58.2 Å². The van der Waals surface area contributed by atoms with E-state index in [0.29, 0.717) is 36.5 Å². The maximum atomic E-state index is 12.1. The van der Waals surface area contributed by atoms with Crippen molar-refractivity contribution in [2.24, 2.45) is 0 Å². The lowest BCUT2D eigenvalue weighted by atomic mass is 9.75. The zero-order chi connectivity index (χ0) is 41.2. The number of fused-ring (bicyclic) bond motifs is 2. The number of halogens is 3. The molecule has 2 aromatic rings. The number of nitrogens with zero attached hydrogens (tertiary/aromatic N) is 6. The van der Waals surface area contributed by atoms with E-state index < -0.39 is 11.2 Å². The summed E-state index contributed by atoms with van der Waals surface area (Å²) in [4.78, 5) is 43.8. The Hall–Kier alpha value is -3.30. The monoisotopic (exact) mass is 872 g/mol. The van der Waals surface area contributed by atoms with Gasteiger partial charge in [0.2, 0.25) is 0 Å². The second-order valence-corrected chi connectivity index (χ2v) is 18.9. The lowest BCUT2D eigenvalue weighted by molar-refractivity contribution is 0.00578. The molecule has 56 heavy (non-hydrogen) atoms. The number of carbonyl (C=O) groups is 2. The Morgan fingerprint density at radius 3 is 1.64 bits per heavy atom. The molecule has 0 aromatic carbocycles. The van der Waals surface area contributed by atoms with Gasteiger partial charge in [0.15, 0.2) is 0 Å². The highest BCUT2D eigenvalue weighted by atomic mass is 79.9. The highest BCUT2D eigenvalue weighted by Gasteiger charge is 2.52. The van der Waals surface area contributed by atoms with Gasteiger partial charge in [-0.05, 0) is 111 Å². The second-order valence-electron chi connectivity index (χ2n) is 17.1. The lowest BCUT2D eigenvalue weighted by Crippen LogP contribution is -2.41. The molecule has 3 aliphatic heterocycles. The van der Waals surface area contributed by atoms with E-state index in [1.165, 1.54) is 23.8 Å². The van der Waals surface area contributed by atoms with Crippen LogP contribution in [0.25, 0.3) is 12.2 Å². The third-order valence-corrected chi connectivity index (χ3v) is 11.1. The molecule has 16 heteroatoms. The molecule has 7 rings (SSSR count). The third kappa shape index (κ3) is 11.2. The molecule has 12 nitrogen and oxygen atoms in total. The lowest BCUT2D eigenvalue weighted by Gasteiger charge is -2.32. The number of hydrogen-bond donors (Lipinski definition) is 0. The Balaban J connectivity index is 0.000000170. The van der Waals surface area contributed by atoms with Crippen LogP contribution in [0.2, 0.25) is 10.3 Å². The molecule has 1 fully saturated rings. The molecule has 1 saturated heterocycles. The van der Waals surface area contributed by atoms with Gasteiger partial charge in [0.05, 0.1) is 22.6 Å². The molecule has 0 saturated carbocycles. The molecule has 0 spiro atoms. The van der Waals surface area contributed by atoms with Crippen molar-refractivity contribution >= 4 is 70.6 Å². The minimum atomic E-state index is -0.466. The first-order chi connectivity index (χ1) is 26.0. The first-order valence-corrected chi connectivity index (χ1v) is 20.3. The Morgan fingerprint density at radius 2 is 1.21 bits per heavy atom. The van der Waals surface area contributed by atoms with Crippen LogP contribution in [-0.4, -0.2) is 97.6 Å². The van der Waals surface area contributed by atoms with Crippen molar-refractivity contribution in [3.63, 3.8) is 0 Å². The van der Waals surface area contributed by atoms with Crippen LogP contribution in [0.15, 0.2) is 45.9 Å². The molecule has 2 aliphatic carbocycles. The molecule has 0 N–H and O–H groups in total. The summed E-state index contributed by atoms with van der Waals surface area (Å²) in [6.07, 6.45) is 13.7. The predicted octanol–water partition coefficient (Wildman–Crippen LogP) is 9.24. The number of amides is 2. The van der Waals surface area contributed by atoms with Gasteiger partial charge in [0.1, 0.15) is 34.2 Å². The third-order valence-electron chi connectivity index (χ3n) is 9.89. The van der Waals surface area contributed by atoms with E-state index in [4.69, 9.17) is 42.0 Å². The standard InChI is InChI=1S/C17H20ClN3O2.C16H28BNO4.C7H4BrClN2/c1-17(2,3)23-16(22)21-6-4-11(5-7-21)12-8-13-14(9-12)19-10-20-15(13)18;1-14(2,3)20-13(19)18-10-8-12(9-11-18)17-21-15(4,5)16(6,7)22-17;8-4-1-5-6(2-4)10-3-11-7(5)9/h4,9-10H,5-8H2,1-3H3;8H,9-11H2,1-7H3;2-3H,1H2. The van der Waals surface area contributed by atoms with Gasteiger partial charge >= 0.3 is 19.3 Å². The normalized spacial score (nSPS) is 19.6. The SMILES string of the molecule is CC(C)(C)OC(=O)N1CC=C(B2OC(C)(C)C(C)(C)O2)CC1.CC(C)(C)OC(=O)N1CC=C(C2=Cc3ncnc(Cl)c3C2)CC1.Clc1ncnc2c1CC(Br)=C2. The average molecular weight is 875 g/mol. The summed E-state index contributed by atoms with van der Waals surface area (Å²) in [6.45, 7) is 21.8. The van der Waals surface area contributed by atoms with E-state index in [9.17, 15) is 9.59 Å². The van der Waals surface area contributed by atoms with Gasteiger partial charge in [-0.3, -0.25) is 0 Å². The first kappa shape index (κ1) is 43.8. The van der Waals surface area contributed by atoms with Crippen LogP contribution in [0.5, 0.6) is 0 Å². The molecule has 5 heterocycles. The summed E-state index contributed by atoms with van der Waals surface area (Å²) in [5.41, 5.74) is 5.80. The Morgan fingerprint density at radius 1 is 0.732 bits per heavy atom. The van der Waals surface area contributed by atoms with Crippen molar-refractivity contribution in [2.75, 3.05) is 26.2 Å². The van der Waals surface area contributed by atoms with Crippen molar-refractivity contribution < 1.29 is 28.4 Å². The smallest absolute Gasteiger partial charge is 0.444 e. The Kier molecular flexibility index (Phi) is 13.5. The summed E-state index contributed by atoms with van der Waals surface area (Å²) < 4.78 is 24.0.